The molecule has 0 unspecified atom stereocenters. The minimum atomic E-state index is 0.225. The first-order valence-corrected chi connectivity index (χ1v) is 11.1. The van der Waals surface area contributed by atoms with Crippen LogP contribution in [-0.2, 0) is 17.8 Å². The van der Waals surface area contributed by atoms with Gasteiger partial charge in [-0.15, -0.1) is 0 Å². The maximum Gasteiger partial charge on any atom is 0.233 e. The number of carbonyl (C=O) groups is 1. The molecule has 0 N–H and O–H groups in total. The molecular weight excluding hydrogens is 354 g/mol. The average Bonchev–Trinajstić information content (AvgIpc) is 3.00. The van der Waals surface area contributed by atoms with Crippen molar-refractivity contribution in [3.8, 4) is 0 Å². The molecule has 2 heterocycles. The second kappa shape index (κ2) is 8.09. The van der Waals surface area contributed by atoms with Crippen LogP contribution in [0.3, 0.4) is 0 Å². The zero-order chi connectivity index (χ0) is 18.8. The number of imidazole rings is 1. The second-order valence-corrected chi connectivity index (χ2v) is 8.79. The molecule has 144 valence electrons. The van der Waals surface area contributed by atoms with Gasteiger partial charge in [0.15, 0.2) is 5.16 Å². The molecule has 2 aliphatic rings. The third-order valence-electron chi connectivity index (χ3n) is 6.10. The van der Waals surface area contributed by atoms with Gasteiger partial charge in [-0.3, -0.25) is 4.79 Å². The Morgan fingerprint density at radius 2 is 1.89 bits per heavy atom. The molecule has 1 aliphatic carbocycles. The Kier molecular flexibility index (Phi) is 5.58. The first-order chi connectivity index (χ1) is 13.1. The smallest absolute Gasteiger partial charge is 0.233 e. The van der Waals surface area contributed by atoms with Crippen LogP contribution in [0.1, 0.15) is 60.7 Å². The van der Waals surface area contributed by atoms with Gasteiger partial charge in [0.05, 0.1) is 11.4 Å². The van der Waals surface area contributed by atoms with Gasteiger partial charge in [-0.05, 0) is 44.2 Å². The van der Waals surface area contributed by atoms with E-state index in [1.54, 1.807) is 11.8 Å². The number of hydrogen-bond donors (Lipinski definition) is 0. The number of carbonyl (C=O) groups excluding carboxylic acids is 1. The fourth-order valence-corrected chi connectivity index (χ4v) is 5.46. The van der Waals surface area contributed by atoms with Gasteiger partial charge in [0.1, 0.15) is 0 Å². The fourth-order valence-electron chi connectivity index (χ4n) is 4.39. The van der Waals surface area contributed by atoms with Gasteiger partial charge >= 0.3 is 0 Å². The third kappa shape index (κ3) is 3.93. The minimum absolute atomic E-state index is 0.225. The Bertz CT molecular complexity index is 823. The first kappa shape index (κ1) is 18.6. The summed E-state index contributed by atoms with van der Waals surface area (Å²) in [4.78, 5) is 19.6. The number of aromatic nitrogens is 2. The number of rotatable bonds is 4. The molecule has 1 amide bonds. The molecule has 5 heteroatoms. The zero-order valence-corrected chi connectivity index (χ0v) is 17.2. The molecule has 4 rings (SSSR count). The van der Waals surface area contributed by atoms with Crippen LogP contribution in [0.15, 0.2) is 29.4 Å². The lowest BCUT2D eigenvalue weighted by molar-refractivity contribution is -0.129. The zero-order valence-electron chi connectivity index (χ0n) is 16.4. The van der Waals surface area contributed by atoms with E-state index in [1.807, 2.05) is 4.90 Å². The van der Waals surface area contributed by atoms with Crippen molar-refractivity contribution in [3.05, 3.63) is 46.8 Å². The van der Waals surface area contributed by atoms with E-state index in [-0.39, 0.29) is 5.91 Å². The van der Waals surface area contributed by atoms with E-state index in [0.29, 0.717) is 11.8 Å². The average molecular weight is 384 g/mol. The van der Waals surface area contributed by atoms with Crippen LogP contribution in [0.2, 0.25) is 0 Å². The van der Waals surface area contributed by atoms with Crippen LogP contribution in [0.5, 0.6) is 0 Å². The fraction of sp³-hybridized carbons (Fsp3) is 0.545. The molecule has 0 atom stereocenters. The van der Waals surface area contributed by atoms with E-state index >= 15 is 0 Å². The summed E-state index contributed by atoms with van der Waals surface area (Å²) < 4.78 is 2.41. The Morgan fingerprint density at radius 1 is 1.15 bits per heavy atom. The van der Waals surface area contributed by atoms with E-state index in [9.17, 15) is 4.79 Å². The van der Waals surface area contributed by atoms with Crippen LogP contribution in [0, 0.1) is 13.8 Å². The molecule has 0 bridgehead atoms. The molecule has 1 fully saturated rings. The number of amides is 1. The van der Waals surface area contributed by atoms with E-state index in [2.05, 4.69) is 42.7 Å². The molecular formula is C22H29N3OS. The Labute approximate surface area is 166 Å². The van der Waals surface area contributed by atoms with Crippen molar-refractivity contribution in [2.75, 3.05) is 12.3 Å². The van der Waals surface area contributed by atoms with Crippen LogP contribution < -0.4 is 0 Å². The summed E-state index contributed by atoms with van der Waals surface area (Å²) in [6.45, 7) is 5.82. The van der Waals surface area contributed by atoms with Crippen LogP contribution in [0.4, 0.5) is 0 Å². The topological polar surface area (TPSA) is 38.1 Å². The summed E-state index contributed by atoms with van der Waals surface area (Å²) in [7, 11) is 0. The number of benzene rings is 1. The summed E-state index contributed by atoms with van der Waals surface area (Å²) in [5.41, 5.74) is 5.04. The first-order valence-electron chi connectivity index (χ1n) is 10.2. The summed E-state index contributed by atoms with van der Waals surface area (Å²) in [6.07, 6.45) is 7.39. The summed E-state index contributed by atoms with van der Waals surface area (Å²) in [6, 6.07) is 9.03. The van der Waals surface area contributed by atoms with Crippen molar-refractivity contribution in [2.45, 2.75) is 70.1 Å². The number of aryl methyl sites for hydroxylation is 1. The van der Waals surface area contributed by atoms with E-state index in [1.165, 1.54) is 48.9 Å². The Hall–Kier alpha value is -1.75. The van der Waals surface area contributed by atoms with E-state index in [4.69, 9.17) is 4.98 Å². The monoisotopic (exact) mass is 383 g/mol. The number of thioether (sulfide) groups is 1. The Balaban J connectivity index is 1.43. The third-order valence-corrected chi connectivity index (χ3v) is 7.04. The minimum Gasteiger partial charge on any atom is -0.337 e. The van der Waals surface area contributed by atoms with E-state index < -0.39 is 0 Å². The molecule has 1 saturated carbocycles. The van der Waals surface area contributed by atoms with Gasteiger partial charge in [0.25, 0.3) is 0 Å². The second-order valence-electron chi connectivity index (χ2n) is 7.85. The maximum atomic E-state index is 12.8. The molecule has 1 aromatic carbocycles. The molecule has 2 aromatic rings. The SMILES string of the molecule is Cc1nc(SCC(=O)N2CCc3ccccc3C2)n(C2CCCCC2)c1C. The largest absolute Gasteiger partial charge is 0.337 e. The lowest BCUT2D eigenvalue weighted by Crippen LogP contribution is -2.37. The van der Waals surface area contributed by atoms with Gasteiger partial charge in [0, 0.05) is 24.8 Å². The van der Waals surface area contributed by atoms with Gasteiger partial charge < -0.3 is 9.47 Å². The molecule has 4 nitrogen and oxygen atoms in total. The van der Waals surface area contributed by atoms with Gasteiger partial charge in [-0.2, -0.15) is 0 Å². The standard InChI is InChI=1S/C22H29N3OS/c1-16-17(2)25(20-10-4-3-5-11-20)22(23-16)27-15-21(26)24-13-12-18-8-6-7-9-19(18)14-24/h6-9,20H,3-5,10-15H2,1-2H3. The van der Waals surface area contributed by atoms with Crippen LogP contribution >= 0.6 is 11.8 Å². The van der Waals surface area contributed by atoms with Crippen molar-refractivity contribution < 1.29 is 4.79 Å². The maximum absolute atomic E-state index is 12.8. The summed E-state index contributed by atoms with van der Waals surface area (Å²) in [5.74, 6) is 0.702. The Morgan fingerprint density at radius 3 is 2.67 bits per heavy atom. The molecule has 1 aromatic heterocycles. The summed E-state index contributed by atoms with van der Waals surface area (Å²) in [5, 5.41) is 1.03. The number of nitrogens with zero attached hydrogens (tertiary/aromatic N) is 3. The molecule has 0 spiro atoms. The van der Waals surface area contributed by atoms with Gasteiger partial charge in [-0.25, -0.2) is 4.98 Å². The van der Waals surface area contributed by atoms with Crippen molar-refractivity contribution in [2.24, 2.45) is 0 Å². The lowest BCUT2D eigenvalue weighted by Gasteiger charge is -2.29. The van der Waals surface area contributed by atoms with E-state index in [0.717, 1.165) is 30.4 Å². The van der Waals surface area contributed by atoms with Crippen molar-refractivity contribution >= 4 is 17.7 Å². The van der Waals surface area contributed by atoms with Crippen LogP contribution in [0.25, 0.3) is 0 Å². The predicted molar refractivity (Wildman–Crippen MR) is 110 cm³/mol. The highest BCUT2D eigenvalue weighted by Gasteiger charge is 2.24. The summed E-state index contributed by atoms with van der Waals surface area (Å²) >= 11 is 1.62. The highest BCUT2D eigenvalue weighted by molar-refractivity contribution is 7.99. The quantitative estimate of drug-likeness (QED) is 0.720. The number of hydrogen-bond acceptors (Lipinski definition) is 3. The number of fused-ring (bicyclic) bond motifs is 1. The van der Waals surface area contributed by atoms with Crippen molar-refractivity contribution in [3.63, 3.8) is 0 Å². The highest BCUT2D eigenvalue weighted by atomic mass is 32.2. The molecule has 0 saturated heterocycles. The normalized spacial score (nSPS) is 17.8. The van der Waals surface area contributed by atoms with Crippen LogP contribution in [-0.4, -0.2) is 32.7 Å². The highest BCUT2D eigenvalue weighted by Crippen LogP contribution is 2.34. The van der Waals surface area contributed by atoms with Crippen molar-refractivity contribution in [1.82, 2.24) is 14.5 Å². The predicted octanol–water partition coefficient (Wildman–Crippen LogP) is 4.68. The van der Waals surface area contributed by atoms with Gasteiger partial charge in [0.2, 0.25) is 5.91 Å². The molecule has 1 aliphatic heterocycles. The van der Waals surface area contributed by atoms with Gasteiger partial charge in [-0.1, -0.05) is 55.3 Å². The van der Waals surface area contributed by atoms with Crippen molar-refractivity contribution in [1.29, 1.82) is 0 Å². The lowest BCUT2D eigenvalue weighted by atomic mass is 9.95. The molecule has 0 radical (unpaired) electrons. The molecule has 27 heavy (non-hydrogen) atoms.